The van der Waals surface area contributed by atoms with Crippen LogP contribution in [0.15, 0.2) is 42.5 Å². The minimum atomic E-state index is 0.177. The van der Waals surface area contributed by atoms with Gasteiger partial charge in [-0.25, -0.2) is 0 Å². The molecule has 18 heavy (non-hydrogen) atoms. The van der Waals surface area contributed by atoms with E-state index >= 15 is 0 Å². The fourth-order valence-electron chi connectivity index (χ4n) is 2.42. The van der Waals surface area contributed by atoms with Crippen LogP contribution in [0.5, 0.6) is 0 Å². The highest BCUT2D eigenvalue weighted by atomic mass is 16.1. The molecular weight excluding hydrogens is 220 g/mol. The first-order valence-electron chi connectivity index (χ1n) is 6.75. The Hall–Kier alpha value is -1.63. The summed E-state index contributed by atoms with van der Waals surface area (Å²) < 4.78 is 0. The Morgan fingerprint density at radius 2 is 1.78 bits per heavy atom. The Labute approximate surface area is 109 Å². The average molecular weight is 240 g/mol. The number of carbonyl (C=O) groups excluding carboxylic acids is 1. The molecule has 0 aliphatic rings. The molecule has 0 aliphatic carbocycles. The molecule has 1 nitrogen and oxygen atoms in total. The van der Waals surface area contributed by atoms with Crippen molar-refractivity contribution in [2.45, 2.75) is 33.1 Å². The summed E-state index contributed by atoms with van der Waals surface area (Å²) in [7, 11) is 0. The highest BCUT2D eigenvalue weighted by molar-refractivity contribution is 5.84. The van der Waals surface area contributed by atoms with Gasteiger partial charge in [-0.15, -0.1) is 0 Å². The lowest BCUT2D eigenvalue weighted by atomic mass is 9.91. The molecule has 0 saturated heterocycles. The summed E-state index contributed by atoms with van der Waals surface area (Å²) in [4.78, 5) is 11.8. The van der Waals surface area contributed by atoms with Gasteiger partial charge in [-0.2, -0.15) is 0 Å². The summed E-state index contributed by atoms with van der Waals surface area (Å²) in [5, 5.41) is 2.52. The van der Waals surface area contributed by atoms with Crippen molar-refractivity contribution < 1.29 is 4.79 Å². The monoisotopic (exact) mass is 240 g/mol. The molecular formula is C17H20O. The quantitative estimate of drug-likeness (QED) is 0.757. The van der Waals surface area contributed by atoms with Crippen molar-refractivity contribution in [1.29, 1.82) is 0 Å². The molecule has 0 heterocycles. The van der Waals surface area contributed by atoms with Crippen molar-refractivity contribution in [3.63, 3.8) is 0 Å². The van der Waals surface area contributed by atoms with Crippen molar-refractivity contribution in [2.75, 3.05) is 0 Å². The fraction of sp³-hybridized carbons (Fsp3) is 0.353. The van der Waals surface area contributed by atoms with Gasteiger partial charge < -0.3 is 0 Å². The van der Waals surface area contributed by atoms with E-state index in [0.717, 1.165) is 12.8 Å². The second-order valence-electron chi connectivity index (χ2n) is 4.81. The SMILES string of the molecule is CCC(=O)[C@@H](CC)Cc1ccc2ccccc2c1. The van der Waals surface area contributed by atoms with Crippen LogP contribution in [-0.4, -0.2) is 5.78 Å². The lowest BCUT2D eigenvalue weighted by Gasteiger charge is -2.13. The summed E-state index contributed by atoms with van der Waals surface area (Å²) in [6, 6.07) is 14.9. The first-order chi connectivity index (χ1) is 8.74. The zero-order valence-corrected chi connectivity index (χ0v) is 11.1. The van der Waals surface area contributed by atoms with Gasteiger partial charge in [0, 0.05) is 12.3 Å². The molecule has 0 radical (unpaired) electrons. The number of ketones is 1. The number of rotatable bonds is 5. The molecule has 0 spiro atoms. The van der Waals surface area contributed by atoms with E-state index in [-0.39, 0.29) is 5.92 Å². The summed E-state index contributed by atoms with van der Waals surface area (Å²) >= 11 is 0. The van der Waals surface area contributed by atoms with E-state index < -0.39 is 0 Å². The zero-order chi connectivity index (χ0) is 13.0. The van der Waals surface area contributed by atoms with Crippen molar-refractivity contribution in [3.8, 4) is 0 Å². The van der Waals surface area contributed by atoms with Gasteiger partial charge in [0.1, 0.15) is 5.78 Å². The van der Waals surface area contributed by atoms with Crippen molar-refractivity contribution >= 4 is 16.6 Å². The molecule has 0 aliphatic heterocycles. The van der Waals surface area contributed by atoms with Crippen LogP contribution >= 0.6 is 0 Å². The minimum absolute atomic E-state index is 0.177. The summed E-state index contributed by atoms with van der Waals surface area (Å²) in [5.74, 6) is 0.557. The molecule has 2 aromatic rings. The predicted octanol–water partition coefficient (Wildman–Crippen LogP) is 4.39. The smallest absolute Gasteiger partial charge is 0.136 e. The van der Waals surface area contributed by atoms with E-state index in [4.69, 9.17) is 0 Å². The summed E-state index contributed by atoms with van der Waals surface area (Å²) in [6.07, 6.45) is 2.44. The minimum Gasteiger partial charge on any atom is -0.299 e. The number of carbonyl (C=O) groups is 1. The average Bonchev–Trinajstić information content (AvgIpc) is 2.43. The molecule has 0 bridgehead atoms. The molecule has 0 unspecified atom stereocenters. The van der Waals surface area contributed by atoms with E-state index in [2.05, 4.69) is 49.4 Å². The van der Waals surface area contributed by atoms with Gasteiger partial charge in [0.15, 0.2) is 0 Å². The molecule has 94 valence electrons. The second kappa shape index (κ2) is 5.81. The van der Waals surface area contributed by atoms with Crippen molar-refractivity contribution in [1.82, 2.24) is 0 Å². The molecule has 1 heteroatoms. The number of benzene rings is 2. The molecule has 0 N–H and O–H groups in total. The second-order valence-corrected chi connectivity index (χ2v) is 4.81. The Bertz CT molecular complexity index is 542. The van der Waals surface area contributed by atoms with Crippen LogP contribution in [0.3, 0.4) is 0 Å². The first-order valence-corrected chi connectivity index (χ1v) is 6.75. The lowest BCUT2D eigenvalue weighted by molar-refractivity contribution is -0.122. The third-order valence-electron chi connectivity index (χ3n) is 3.59. The fourth-order valence-corrected chi connectivity index (χ4v) is 2.42. The number of hydrogen-bond donors (Lipinski definition) is 0. The number of hydrogen-bond acceptors (Lipinski definition) is 1. The van der Waals surface area contributed by atoms with E-state index in [0.29, 0.717) is 12.2 Å². The van der Waals surface area contributed by atoms with Crippen LogP contribution in [0.2, 0.25) is 0 Å². The molecule has 0 fully saturated rings. The Balaban J connectivity index is 2.23. The van der Waals surface area contributed by atoms with Crippen LogP contribution in [0, 0.1) is 5.92 Å². The van der Waals surface area contributed by atoms with E-state index in [1.54, 1.807) is 0 Å². The predicted molar refractivity (Wildman–Crippen MR) is 76.7 cm³/mol. The van der Waals surface area contributed by atoms with Crippen LogP contribution < -0.4 is 0 Å². The highest BCUT2D eigenvalue weighted by Crippen LogP contribution is 2.20. The van der Waals surface area contributed by atoms with Crippen LogP contribution in [0.25, 0.3) is 10.8 Å². The topological polar surface area (TPSA) is 17.1 Å². The van der Waals surface area contributed by atoms with E-state index in [1.807, 2.05) is 6.92 Å². The summed E-state index contributed by atoms with van der Waals surface area (Å²) in [5.41, 5.74) is 1.27. The third kappa shape index (κ3) is 2.79. The Morgan fingerprint density at radius 3 is 2.44 bits per heavy atom. The van der Waals surface area contributed by atoms with Gasteiger partial charge >= 0.3 is 0 Å². The molecule has 1 atom stereocenters. The lowest BCUT2D eigenvalue weighted by Crippen LogP contribution is -2.15. The molecule has 0 saturated carbocycles. The van der Waals surface area contributed by atoms with Gasteiger partial charge in [0.25, 0.3) is 0 Å². The molecule has 0 amide bonds. The Kier molecular flexibility index (Phi) is 4.14. The standard InChI is InChI=1S/C17H20O/c1-3-14(17(18)4-2)11-13-9-10-15-7-5-6-8-16(15)12-13/h5-10,12,14H,3-4,11H2,1-2H3/t14-/m0/s1. The normalized spacial score (nSPS) is 12.6. The maximum Gasteiger partial charge on any atom is 0.136 e. The number of Topliss-reactive ketones (excluding diaryl/α,β-unsaturated/α-hetero) is 1. The maximum absolute atomic E-state index is 11.8. The van der Waals surface area contributed by atoms with E-state index in [1.165, 1.54) is 16.3 Å². The van der Waals surface area contributed by atoms with Gasteiger partial charge in [-0.1, -0.05) is 56.3 Å². The largest absolute Gasteiger partial charge is 0.299 e. The van der Waals surface area contributed by atoms with E-state index in [9.17, 15) is 4.79 Å². The Morgan fingerprint density at radius 1 is 1.06 bits per heavy atom. The molecule has 0 aromatic heterocycles. The molecule has 2 aromatic carbocycles. The van der Waals surface area contributed by atoms with Crippen LogP contribution in [0.1, 0.15) is 32.3 Å². The summed E-state index contributed by atoms with van der Waals surface area (Å²) in [6.45, 7) is 4.05. The molecule has 2 rings (SSSR count). The van der Waals surface area contributed by atoms with Gasteiger partial charge in [-0.05, 0) is 29.2 Å². The highest BCUT2D eigenvalue weighted by Gasteiger charge is 2.14. The van der Waals surface area contributed by atoms with Gasteiger partial charge in [0.2, 0.25) is 0 Å². The first kappa shape index (κ1) is 12.8. The van der Waals surface area contributed by atoms with Crippen molar-refractivity contribution in [2.24, 2.45) is 5.92 Å². The zero-order valence-electron chi connectivity index (χ0n) is 11.1. The number of fused-ring (bicyclic) bond motifs is 1. The maximum atomic E-state index is 11.8. The van der Waals surface area contributed by atoms with Gasteiger partial charge in [-0.3, -0.25) is 4.79 Å². The third-order valence-corrected chi connectivity index (χ3v) is 3.59. The van der Waals surface area contributed by atoms with Crippen molar-refractivity contribution in [3.05, 3.63) is 48.0 Å². The van der Waals surface area contributed by atoms with Crippen LogP contribution in [0.4, 0.5) is 0 Å². The van der Waals surface area contributed by atoms with Gasteiger partial charge in [0.05, 0.1) is 0 Å². The van der Waals surface area contributed by atoms with Crippen LogP contribution in [-0.2, 0) is 11.2 Å².